The second kappa shape index (κ2) is 5.83. The highest BCUT2D eigenvalue weighted by Crippen LogP contribution is 2.25. The van der Waals surface area contributed by atoms with Gasteiger partial charge in [0.05, 0.1) is 21.4 Å². The average Bonchev–Trinajstić information content (AvgIpc) is 2.23. The lowest BCUT2D eigenvalue weighted by molar-refractivity contribution is 0.606. The lowest BCUT2D eigenvalue weighted by Gasteiger charge is -2.22. The van der Waals surface area contributed by atoms with Gasteiger partial charge in [-0.25, -0.2) is 13.3 Å². The second-order valence-corrected chi connectivity index (χ2v) is 8.28. The van der Waals surface area contributed by atoms with Gasteiger partial charge in [0, 0.05) is 9.61 Å². The van der Waals surface area contributed by atoms with E-state index in [1.165, 1.54) is 6.07 Å². The van der Waals surface area contributed by atoms with Gasteiger partial charge in [-0.1, -0.05) is 0 Å². The van der Waals surface area contributed by atoms with Crippen molar-refractivity contribution < 1.29 is 8.60 Å². The van der Waals surface area contributed by atoms with E-state index in [0.29, 0.717) is 3.57 Å². The summed E-state index contributed by atoms with van der Waals surface area (Å²) in [4.78, 5) is 0. The molecule has 0 fully saturated rings. The molecule has 0 aliphatic heterocycles. The third kappa shape index (κ3) is 3.89. The molecular weight excluding hydrogens is 366 g/mol. The van der Waals surface area contributed by atoms with Gasteiger partial charge < -0.3 is 5.73 Å². The van der Waals surface area contributed by atoms with Crippen LogP contribution in [-0.4, -0.2) is 8.96 Å². The first-order chi connectivity index (χ1) is 8.12. The van der Waals surface area contributed by atoms with Gasteiger partial charge in [0.15, 0.2) is 0 Å². The fourth-order valence-corrected chi connectivity index (χ4v) is 2.69. The summed E-state index contributed by atoms with van der Waals surface area (Å²) in [6.45, 7) is 7.51. The molecule has 102 valence electrons. The molecule has 3 nitrogen and oxygen atoms in total. The topological polar surface area (TPSA) is 55.1 Å². The molecule has 0 aliphatic rings. The summed E-state index contributed by atoms with van der Waals surface area (Å²) in [5.74, 6) is -0.438. The first-order valence-corrected chi connectivity index (χ1v) is 7.78. The van der Waals surface area contributed by atoms with Gasteiger partial charge >= 0.3 is 0 Å². The molecule has 1 aromatic rings. The molecule has 0 spiro atoms. The second-order valence-electron chi connectivity index (χ2n) is 5.12. The molecule has 0 heterocycles. The summed E-state index contributed by atoms with van der Waals surface area (Å²) in [6, 6.07) is 2.99. The SMILES string of the molecule is CC(NS(=O)C(C)(C)C)c1cc(F)c(N)c(I)c1. The minimum absolute atomic E-state index is 0.156. The zero-order chi connectivity index (χ0) is 14.1. The highest BCUT2D eigenvalue weighted by molar-refractivity contribution is 14.1. The maximum Gasteiger partial charge on any atom is 0.147 e. The zero-order valence-electron chi connectivity index (χ0n) is 10.9. The van der Waals surface area contributed by atoms with E-state index in [-0.39, 0.29) is 16.5 Å². The molecule has 6 heteroatoms. The van der Waals surface area contributed by atoms with Crippen molar-refractivity contribution in [1.82, 2.24) is 4.72 Å². The molecule has 2 unspecified atom stereocenters. The lowest BCUT2D eigenvalue weighted by Crippen LogP contribution is -2.34. The molecule has 0 saturated heterocycles. The van der Waals surface area contributed by atoms with Gasteiger partial charge in [0.1, 0.15) is 5.82 Å². The summed E-state index contributed by atoms with van der Waals surface area (Å²) in [6.07, 6.45) is 0. The van der Waals surface area contributed by atoms with Crippen molar-refractivity contribution in [3.8, 4) is 0 Å². The van der Waals surface area contributed by atoms with E-state index in [4.69, 9.17) is 5.73 Å². The molecule has 1 aromatic carbocycles. The van der Waals surface area contributed by atoms with E-state index in [0.717, 1.165) is 5.56 Å². The van der Waals surface area contributed by atoms with Crippen LogP contribution in [0.5, 0.6) is 0 Å². The van der Waals surface area contributed by atoms with Gasteiger partial charge in [-0.3, -0.25) is 0 Å². The molecule has 0 bridgehead atoms. The molecule has 3 N–H and O–H groups in total. The van der Waals surface area contributed by atoms with Crippen LogP contribution in [0.25, 0.3) is 0 Å². The normalized spacial score (nSPS) is 15.4. The number of nitrogens with two attached hydrogens (primary N) is 1. The Balaban J connectivity index is 2.92. The van der Waals surface area contributed by atoms with Gasteiger partial charge in [-0.05, 0) is 68.0 Å². The van der Waals surface area contributed by atoms with Crippen LogP contribution in [0.4, 0.5) is 10.1 Å². The Bertz CT molecular complexity index is 451. The Morgan fingerprint density at radius 3 is 2.44 bits per heavy atom. The summed E-state index contributed by atoms with van der Waals surface area (Å²) in [5.41, 5.74) is 6.45. The number of hydrogen-bond donors (Lipinski definition) is 2. The molecule has 0 aliphatic carbocycles. The Morgan fingerprint density at radius 2 is 2.00 bits per heavy atom. The molecule has 0 amide bonds. The Kier molecular flexibility index (Phi) is 5.13. The van der Waals surface area contributed by atoms with Crippen LogP contribution in [0, 0.1) is 9.39 Å². The summed E-state index contributed by atoms with van der Waals surface area (Å²) >= 11 is 1.99. The predicted octanol–water partition coefficient (Wildman–Crippen LogP) is 3.13. The van der Waals surface area contributed by atoms with Crippen LogP contribution in [-0.2, 0) is 11.0 Å². The molecular formula is C12H18FIN2OS. The average molecular weight is 384 g/mol. The van der Waals surface area contributed by atoms with Gasteiger partial charge in [-0.2, -0.15) is 0 Å². The van der Waals surface area contributed by atoms with Crippen molar-refractivity contribution in [3.05, 3.63) is 27.1 Å². The molecule has 18 heavy (non-hydrogen) atoms. The predicted molar refractivity (Wildman–Crippen MR) is 83.0 cm³/mol. The van der Waals surface area contributed by atoms with E-state index in [9.17, 15) is 8.60 Å². The highest BCUT2D eigenvalue weighted by Gasteiger charge is 2.22. The molecule has 2 atom stereocenters. The fraction of sp³-hybridized carbons (Fsp3) is 0.500. The zero-order valence-corrected chi connectivity index (χ0v) is 13.9. The number of nitrogen functional groups attached to an aromatic ring is 1. The van der Waals surface area contributed by atoms with E-state index in [1.807, 2.05) is 50.3 Å². The quantitative estimate of drug-likeness (QED) is 0.622. The number of benzene rings is 1. The Morgan fingerprint density at radius 1 is 1.44 bits per heavy atom. The summed E-state index contributed by atoms with van der Waals surface area (Å²) in [5, 5.41) is 0. The molecule has 0 aromatic heterocycles. The van der Waals surface area contributed by atoms with E-state index < -0.39 is 16.8 Å². The number of anilines is 1. The Labute approximate surface area is 123 Å². The minimum Gasteiger partial charge on any atom is -0.395 e. The van der Waals surface area contributed by atoms with Crippen molar-refractivity contribution in [3.63, 3.8) is 0 Å². The van der Waals surface area contributed by atoms with Crippen molar-refractivity contribution in [2.45, 2.75) is 38.5 Å². The van der Waals surface area contributed by atoms with Gasteiger partial charge in [-0.15, -0.1) is 0 Å². The van der Waals surface area contributed by atoms with Crippen LogP contribution < -0.4 is 10.5 Å². The van der Waals surface area contributed by atoms with Crippen LogP contribution in [0.3, 0.4) is 0 Å². The number of halogens is 2. The smallest absolute Gasteiger partial charge is 0.147 e. The number of rotatable bonds is 3. The van der Waals surface area contributed by atoms with Crippen molar-refractivity contribution >= 4 is 39.3 Å². The maximum absolute atomic E-state index is 13.5. The standard InChI is InChI=1S/C12H18FIN2OS/c1-7(16-18(17)12(2,3)4)8-5-9(13)11(15)10(14)6-8/h5-7,16H,15H2,1-4H3. The number of hydrogen-bond acceptors (Lipinski definition) is 2. The molecule has 0 radical (unpaired) electrons. The van der Waals surface area contributed by atoms with Crippen molar-refractivity contribution in [1.29, 1.82) is 0 Å². The van der Waals surface area contributed by atoms with Crippen molar-refractivity contribution in [2.75, 3.05) is 5.73 Å². The third-order valence-corrected chi connectivity index (χ3v) is 5.01. The number of nitrogens with one attached hydrogen (secondary N) is 1. The largest absolute Gasteiger partial charge is 0.395 e. The third-order valence-electron chi connectivity index (χ3n) is 2.44. The first kappa shape index (κ1) is 15.8. The van der Waals surface area contributed by atoms with E-state index in [2.05, 4.69) is 4.72 Å². The Hall–Kier alpha value is -0.210. The summed E-state index contributed by atoms with van der Waals surface area (Å²) in [7, 11) is -1.19. The monoisotopic (exact) mass is 384 g/mol. The first-order valence-electron chi connectivity index (χ1n) is 5.55. The van der Waals surface area contributed by atoms with Crippen LogP contribution in [0.15, 0.2) is 12.1 Å². The van der Waals surface area contributed by atoms with Crippen LogP contribution in [0.2, 0.25) is 0 Å². The highest BCUT2D eigenvalue weighted by atomic mass is 127. The van der Waals surface area contributed by atoms with Gasteiger partial charge in [0.25, 0.3) is 0 Å². The lowest BCUT2D eigenvalue weighted by atomic mass is 10.1. The molecule has 0 saturated carbocycles. The fourth-order valence-electron chi connectivity index (χ4n) is 1.26. The van der Waals surface area contributed by atoms with Crippen molar-refractivity contribution in [2.24, 2.45) is 0 Å². The minimum atomic E-state index is -1.19. The van der Waals surface area contributed by atoms with E-state index in [1.54, 1.807) is 6.07 Å². The van der Waals surface area contributed by atoms with Gasteiger partial charge in [0.2, 0.25) is 0 Å². The maximum atomic E-state index is 13.5. The molecule has 1 rings (SSSR count). The van der Waals surface area contributed by atoms with Crippen LogP contribution in [0.1, 0.15) is 39.3 Å². The summed E-state index contributed by atoms with van der Waals surface area (Å²) < 4.78 is 28.8. The van der Waals surface area contributed by atoms with Crippen LogP contribution >= 0.6 is 22.6 Å². The van der Waals surface area contributed by atoms with E-state index >= 15 is 0 Å².